The molecule has 2 N–H and O–H groups in total. The first kappa shape index (κ1) is 25.6. The zero-order valence-electron chi connectivity index (χ0n) is 18.9. The smallest absolute Gasteiger partial charge is 0.229 e. The number of rotatable bonds is 6. The van der Waals surface area contributed by atoms with Crippen LogP contribution in [-0.2, 0) is 21.2 Å². The monoisotopic (exact) mass is 445 g/mol. The van der Waals surface area contributed by atoms with Crippen LogP contribution < -0.4 is 14.9 Å². The van der Waals surface area contributed by atoms with Gasteiger partial charge in [-0.3, -0.25) is 9.52 Å². The lowest BCUT2D eigenvalue weighted by molar-refractivity contribution is -0.123. The van der Waals surface area contributed by atoms with E-state index < -0.39 is 15.4 Å². The topological polar surface area (TPSA) is 78.5 Å². The summed E-state index contributed by atoms with van der Waals surface area (Å²) in [5.74, 6) is 0.507. The molecule has 2 rings (SSSR count). The lowest BCUT2D eigenvalue weighted by Gasteiger charge is -2.28. The first-order valence-electron chi connectivity index (χ1n) is 9.92. The lowest BCUT2D eigenvalue weighted by atomic mass is 9.94. The maximum atomic E-state index is 12.8. The Balaban J connectivity index is 0.00000420. The molecule has 0 aliphatic carbocycles. The molecule has 29 heavy (non-hydrogen) atoms. The molecule has 0 atom stereocenters. The summed E-state index contributed by atoms with van der Waals surface area (Å²) in [5.41, 5.74) is 4.63. The van der Waals surface area contributed by atoms with Crippen molar-refractivity contribution in [2.45, 2.75) is 61.3 Å². The van der Waals surface area contributed by atoms with E-state index >= 15 is 0 Å². The number of amides is 1. The van der Waals surface area contributed by atoms with Gasteiger partial charge in [0, 0.05) is 18.5 Å². The number of benzene rings is 1. The van der Waals surface area contributed by atoms with E-state index in [1.54, 1.807) is 0 Å². The van der Waals surface area contributed by atoms with Gasteiger partial charge in [0.2, 0.25) is 15.9 Å². The highest BCUT2D eigenvalue weighted by molar-refractivity contribution is 7.92. The van der Waals surface area contributed by atoms with Crippen LogP contribution in [0.15, 0.2) is 0 Å². The van der Waals surface area contributed by atoms with E-state index in [2.05, 4.69) is 28.8 Å². The molecule has 166 valence electrons. The molecule has 1 aromatic carbocycles. The van der Waals surface area contributed by atoms with Gasteiger partial charge in [-0.2, -0.15) is 0 Å². The molecular weight excluding hydrogens is 410 g/mol. The van der Waals surface area contributed by atoms with E-state index in [-0.39, 0.29) is 18.3 Å². The zero-order valence-corrected chi connectivity index (χ0v) is 20.5. The van der Waals surface area contributed by atoms with E-state index in [4.69, 9.17) is 0 Å². The maximum Gasteiger partial charge on any atom is 0.229 e. The Morgan fingerprint density at radius 3 is 2.21 bits per heavy atom. The highest BCUT2D eigenvalue weighted by Gasteiger charge is 2.31. The first-order chi connectivity index (χ1) is 12.7. The summed E-state index contributed by atoms with van der Waals surface area (Å²) in [6.07, 6.45) is 3.06. The minimum absolute atomic E-state index is 0. The average molecular weight is 446 g/mol. The van der Waals surface area contributed by atoms with Crippen molar-refractivity contribution >= 4 is 45.4 Å². The van der Waals surface area contributed by atoms with E-state index in [0.29, 0.717) is 11.6 Å². The highest BCUT2D eigenvalue weighted by Crippen LogP contribution is 2.45. The summed E-state index contributed by atoms with van der Waals surface area (Å²) in [7, 11) is -3.42. The number of halogens is 1. The van der Waals surface area contributed by atoms with Gasteiger partial charge in [0.1, 0.15) is 0 Å². The van der Waals surface area contributed by atoms with Crippen molar-refractivity contribution in [2.75, 3.05) is 34.3 Å². The number of anilines is 3. The maximum absolute atomic E-state index is 12.8. The SMILES string of the molecule is Cc1c2c(c(NC(=O)C(C)(C)C)c(C)c1NS(C)(=O)=O)N(CCC(C)C)CC2.Cl. The molecule has 1 aliphatic heterocycles. The number of fused-ring (bicyclic) bond motifs is 1. The molecule has 8 heteroatoms. The Bertz CT molecular complexity index is 874. The summed E-state index contributed by atoms with van der Waals surface area (Å²) >= 11 is 0. The van der Waals surface area contributed by atoms with Gasteiger partial charge >= 0.3 is 0 Å². The van der Waals surface area contributed by atoms with Crippen LogP contribution in [0.1, 0.15) is 57.7 Å². The van der Waals surface area contributed by atoms with Crippen LogP contribution in [0.4, 0.5) is 17.1 Å². The number of nitrogens with one attached hydrogen (secondary N) is 2. The second kappa shape index (κ2) is 9.13. The fourth-order valence-electron chi connectivity index (χ4n) is 3.51. The van der Waals surface area contributed by atoms with Gasteiger partial charge in [-0.1, -0.05) is 34.6 Å². The Hall–Kier alpha value is -1.47. The van der Waals surface area contributed by atoms with E-state index in [1.807, 2.05) is 34.6 Å². The number of carbonyl (C=O) groups excluding carboxylic acids is 1. The van der Waals surface area contributed by atoms with Crippen LogP contribution >= 0.6 is 12.4 Å². The van der Waals surface area contributed by atoms with Crippen molar-refractivity contribution in [3.05, 3.63) is 16.7 Å². The van der Waals surface area contributed by atoms with Crippen LogP contribution in [0.5, 0.6) is 0 Å². The zero-order chi connectivity index (χ0) is 21.4. The summed E-state index contributed by atoms with van der Waals surface area (Å²) in [4.78, 5) is 15.1. The third-order valence-corrected chi connectivity index (χ3v) is 5.81. The molecule has 0 saturated heterocycles. The molecule has 1 aromatic rings. The predicted molar refractivity (Wildman–Crippen MR) is 125 cm³/mol. The Morgan fingerprint density at radius 2 is 1.72 bits per heavy atom. The van der Waals surface area contributed by atoms with E-state index in [9.17, 15) is 13.2 Å². The predicted octanol–water partition coefficient (Wildman–Crippen LogP) is 4.49. The van der Waals surface area contributed by atoms with Crippen LogP contribution in [0.2, 0.25) is 0 Å². The largest absolute Gasteiger partial charge is 0.369 e. The standard InChI is InChI=1S/C21H35N3O3S.ClH/c1-13(2)9-11-24-12-10-16-14(3)17(23-28(8,26)27)15(4)18(19(16)24)22-20(25)21(5,6)7;/h13,23H,9-12H2,1-8H3,(H,22,25);1H. The molecule has 0 saturated carbocycles. The molecule has 0 fully saturated rings. The molecule has 1 aliphatic rings. The average Bonchev–Trinajstić information content (AvgIpc) is 2.95. The fourth-order valence-corrected chi connectivity index (χ4v) is 4.18. The van der Waals surface area contributed by atoms with Gasteiger partial charge in [-0.05, 0) is 49.3 Å². The van der Waals surface area contributed by atoms with E-state index in [0.717, 1.165) is 60.3 Å². The lowest BCUT2D eigenvalue weighted by Crippen LogP contribution is -2.30. The van der Waals surface area contributed by atoms with Crippen LogP contribution in [0.25, 0.3) is 0 Å². The molecule has 6 nitrogen and oxygen atoms in total. The molecule has 0 unspecified atom stereocenters. The van der Waals surface area contributed by atoms with Crippen LogP contribution in [0, 0.1) is 25.2 Å². The Morgan fingerprint density at radius 1 is 1.14 bits per heavy atom. The number of nitrogens with zero attached hydrogens (tertiary/aromatic N) is 1. The molecule has 0 spiro atoms. The molecule has 0 radical (unpaired) electrons. The third-order valence-electron chi connectivity index (χ3n) is 5.23. The summed E-state index contributed by atoms with van der Waals surface area (Å²) < 4.78 is 26.5. The molecule has 0 bridgehead atoms. The van der Waals surface area contributed by atoms with Crippen molar-refractivity contribution in [3.8, 4) is 0 Å². The molecular formula is C21H36ClN3O3S. The van der Waals surface area contributed by atoms with Crippen LogP contribution in [0.3, 0.4) is 0 Å². The van der Waals surface area contributed by atoms with Crippen molar-refractivity contribution in [3.63, 3.8) is 0 Å². The van der Waals surface area contributed by atoms with Gasteiger partial charge in [0.05, 0.1) is 23.3 Å². The van der Waals surface area contributed by atoms with Gasteiger partial charge in [0.15, 0.2) is 0 Å². The first-order valence-corrected chi connectivity index (χ1v) is 11.8. The molecule has 1 heterocycles. The summed E-state index contributed by atoms with van der Waals surface area (Å²) in [6, 6.07) is 0. The Kier molecular flexibility index (Phi) is 8.05. The number of hydrogen-bond donors (Lipinski definition) is 2. The van der Waals surface area contributed by atoms with E-state index in [1.165, 1.54) is 0 Å². The summed E-state index contributed by atoms with van der Waals surface area (Å²) in [5, 5.41) is 3.11. The molecule has 1 amide bonds. The quantitative estimate of drug-likeness (QED) is 0.676. The second-order valence-electron chi connectivity index (χ2n) is 9.33. The fraction of sp³-hybridized carbons (Fsp3) is 0.667. The summed E-state index contributed by atoms with van der Waals surface area (Å²) in [6.45, 7) is 15.7. The number of hydrogen-bond acceptors (Lipinski definition) is 4. The third kappa shape index (κ3) is 6.01. The van der Waals surface area contributed by atoms with Crippen molar-refractivity contribution < 1.29 is 13.2 Å². The minimum atomic E-state index is -3.42. The molecule has 0 aromatic heterocycles. The van der Waals surface area contributed by atoms with Gasteiger partial charge in [-0.25, -0.2) is 8.42 Å². The van der Waals surface area contributed by atoms with Gasteiger partial charge in [-0.15, -0.1) is 12.4 Å². The number of sulfonamides is 1. The number of carbonyl (C=O) groups is 1. The van der Waals surface area contributed by atoms with Crippen molar-refractivity contribution in [1.29, 1.82) is 0 Å². The highest BCUT2D eigenvalue weighted by atomic mass is 35.5. The normalized spacial score (nSPS) is 13.9. The van der Waals surface area contributed by atoms with Crippen molar-refractivity contribution in [2.24, 2.45) is 11.3 Å². The van der Waals surface area contributed by atoms with Gasteiger partial charge < -0.3 is 10.2 Å². The van der Waals surface area contributed by atoms with Crippen molar-refractivity contribution in [1.82, 2.24) is 0 Å². The van der Waals surface area contributed by atoms with Gasteiger partial charge in [0.25, 0.3) is 0 Å². The minimum Gasteiger partial charge on any atom is -0.369 e. The second-order valence-corrected chi connectivity index (χ2v) is 11.1. The Labute approximate surface area is 182 Å². The van der Waals surface area contributed by atoms with Crippen LogP contribution in [-0.4, -0.2) is 33.7 Å².